The maximum atomic E-state index is 13.0. The van der Waals surface area contributed by atoms with E-state index in [1.807, 2.05) is 6.92 Å². The Morgan fingerprint density at radius 3 is 2.13 bits per heavy atom. The molecule has 8 heteroatoms. The number of benzene rings is 3. The highest BCUT2D eigenvalue weighted by molar-refractivity contribution is 6.04. The predicted octanol–water partition coefficient (Wildman–Crippen LogP) is 4.79. The van der Waals surface area contributed by atoms with Crippen LogP contribution in [0.1, 0.15) is 44.8 Å². The molecule has 0 aromatic heterocycles. The maximum absolute atomic E-state index is 13.0. The molecule has 0 saturated heterocycles. The van der Waals surface area contributed by atoms with Crippen molar-refractivity contribution in [3.63, 3.8) is 0 Å². The molecule has 7 nitrogen and oxygen atoms in total. The van der Waals surface area contributed by atoms with E-state index in [0.717, 1.165) is 5.56 Å². The molecule has 0 saturated carbocycles. The lowest BCUT2D eigenvalue weighted by molar-refractivity contribution is -0.385. The van der Waals surface area contributed by atoms with Gasteiger partial charge in [-0.05, 0) is 67.9 Å². The molecule has 0 aliphatic carbocycles. The number of halogens is 1. The second-order valence-electron chi connectivity index (χ2n) is 7.04. The highest BCUT2D eigenvalue weighted by Gasteiger charge is 2.16. The first-order valence-corrected chi connectivity index (χ1v) is 9.47. The summed E-state index contributed by atoms with van der Waals surface area (Å²) in [6, 6.07) is 16.1. The summed E-state index contributed by atoms with van der Waals surface area (Å²) >= 11 is 0. The molecule has 0 aliphatic rings. The summed E-state index contributed by atoms with van der Waals surface area (Å²) in [4.78, 5) is 35.1. The van der Waals surface area contributed by atoms with Crippen LogP contribution in [-0.4, -0.2) is 16.7 Å². The van der Waals surface area contributed by atoms with Crippen molar-refractivity contribution >= 4 is 23.2 Å². The third-order valence-electron chi connectivity index (χ3n) is 4.78. The third-order valence-corrected chi connectivity index (χ3v) is 4.78. The Morgan fingerprint density at radius 2 is 1.55 bits per heavy atom. The number of anilines is 1. The predicted molar refractivity (Wildman–Crippen MR) is 115 cm³/mol. The fraction of sp³-hybridized carbons (Fsp3) is 0.130. The number of hydrogen-bond acceptors (Lipinski definition) is 4. The summed E-state index contributed by atoms with van der Waals surface area (Å²) in [5.41, 5.74) is 2.41. The minimum Gasteiger partial charge on any atom is -0.346 e. The lowest BCUT2D eigenvalue weighted by atomic mass is 10.1. The Labute approximate surface area is 178 Å². The largest absolute Gasteiger partial charge is 0.346 e. The molecule has 0 spiro atoms. The highest BCUT2D eigenvalue weighted by atomic mass is 19.1. The van der Waals surface area contributed by atoms with Crippen molar-refractivity contribution in [1.82, 2.24) is 5.32 Å². The van der Waals surface area contributed by atoms with Gasteiger partial charge in [-0.3, -0.25) is 19.7 Å². The van der Waals surface area contributed by atoms with Crippen molar-refractivity contribution in [2.24, 2.45) is 0 Å². The van der Waals surface area contributed by atoms with Crippen LogP contribution in [-0.2, 0) is 0 Å². The molecule has 0 fully saturated rings. The fourth-order valence-corrected chi connectivity index (χ4v) is 3.02. The number of hydrogen-bond donors (Lipinski definition) is 2. The van der Waals surface area contributed by atoms with Gasteiger partial charge < -0.3 is 10.6 Å². The Balaban J connectivity index is 1.63. The van der Waals surface area contributed by atoms with Crippen LogP contribution in [0.3, 0.4) is 0 Å². The Hall–Kier alpha value is -4.07. The zero-order valence-corrected chi connectivity index (χ0v) is 16.9. The molecule has 0 bridgehead atoms. The van der Waals surface area contributed by atoms with E-state index in [4.69, 9.17) is 0 Å². The van der Waals surface area contributed by atoms with Gasteiger partial charge in [-0.1, -0.05) is 12.1 Å². The zero-order valence-electron chi connectivity index (χ0n) is 16.9. The second kappa shape index (κ2) is 9.17. The van der Waals surface area contributed by atoms with E-state index in [9.17, 15) is 24.1 Å². The summed E-state index contributed by atoms with van der Waals surface area (Å²) < 4.78 is 13.0. The van der Waals surface area contributed by atoms with Gasteiger partial charge in [0.15, 0.2) is 0 Å². The molecule has 1 unspecified atom stereocenters. The molecular weight excluding hydrogens is 401 g/mol. The molecule has 3 aromatic carbocycles. The van der Waals surface area contributed by atoms with Crippen LogP contribution in [0.2, 0.25) is 0 Å². The molecule has 158 valence electrons. The minimum atomic E-state index is -0.490. The summed E-state index contributed by atoms with van der Waals surface area (Å²) in [5, 5.41) is 16.5. The van der Waals surface area contributed by atoms with Gasteiger partial charge >= 0.3 is 0 Å². The third kappa shape index (κ3) is 5.30. The van der Waals surface area contributed by atoms with Crippen LogP contribution in [0.5, 0.6) is 0 Å². The first-order chi connectivity index (χ1) is 14.7. The van der Waals surface area contributed by atoms with Crippen molar-refractivity contribution in [2.45, 2.75) is 19.9 Å². The first-order valence-electron chi connectivity index (χ1n) is 9.47. The molecule has 0 radical (unpaired) electrons. The minimum absolute atomic E-state index is 0.0390. The zero-order chi connectivity index (χ0) is 22.5. The normalized spacial score (nSPS) is 11.5. The lowest BCUT2D eigenvalue weighted by Crippen LogP contribution is -2.26. The molecule has 3 rings (SSSR count). The molecule has 2 N–H and O–H groups in total. The van der Waals surface area contributed by atoms with Gasteiger partial charge in [0.2, 0.25) is 0 Å². The number of rotatable bonds is 6. The molecule has 3 aromatic rings. The van der Waals surface area contributed by atoms with Crippen LogP contribution in [0.25, 0.3) is 0 Å². The van der Waals surface area contributed by atoms with E-state index in [1.54, 1.807) is 31.2 Å². The van der Waals surface area contributed by atoms with Crippen molar-refractivity contribution in [2.75, 3.05) is 5.32 Å². The average molecular weight is 421 g/mol. The number of amides is 2. The SMILES string of the molecule is Cc1cc(C(=O)NC(C)c2ccc(NC(=O)c3ccc(F)cc3)cc2)ccc1[N+](=O)[O-]. The molecular formula is C23H20FN3O4. The second-order valence-corrected chi connectivity index (χ2v) is 7.04. The average Bonchev–Trinajstić information content (AvgIpc) is 2.74. The Bertz CT molecular complexity index is 1130. The number of nitrogens with zero attached hydrogens (tertiary/aromatic N) is 1. The number of nitrogens with one attached hydrogen (secondary N) is 2. The monoisotopic (exact) mass is 421 g/mol. The van der Waals surface area contributed by atoms with Crippen molar-refractivity contribution in [3.8, 4) is 0 Å². The van der Waals surface area contributed by atoms with Gasteiger partial charge in [0.25, 0.3) is 17.5 Å². The quantitative estimate of drug-likeness (QED) is 0.441. The van der Waals surface area contributed by atoms with Crippen molar-refractivity contribution in [1.29, 1.82) is 0 Å². The van der Waals surface area contributed by atoms with Crippen LogP contribution in [0.4, 0.5) is 15.8 Å². The van der Waals surface area contributed by atoms with E-state index < -0.39 is 10.7 Å². The lowest BCUT2D eigenvalue weighted by Gasteiger charge is -2.15. The summed E-state index contributed by atoms with van der Waals surface area (Å²) in [6.07, 6.45) is 0. The molecule has 31 heavy (non-hydrogen) atoms. The first kappa shape index (κ1) is 21.6. The standard InChI is InChI=1S/C23H20FN3O4/c1-14-13-18(7-12-21(14)27(30)31)23(29)25-15(2)16-5-10-20(11-6-16)26-22(28)17-3-8-19(24)9-4-17/h3-13,15H,1-2H3,(H,25,29)(H,26,28). The van der Waals surface area contributed by atoms with E-state index in [2.05, 4.69) is 10.6 Å². The van der Waals surface area contributed by atoms with Gasteiger partial charge in [-0.2, -0.15) is 0 Å². The van der Waals surface area contributed by atoms with Crippen LogP contribution >= 0.6 is 0 Å². The van der Waals surface area contributed by atoms with Crippen molar-refractivity contribution < 1.29 is 18.9 Å². The van der Waals surface area contributed by atoms with Crippen LogP contribution in [0.15, 0.2) is 66.7 Å². The maximum Gasteiger partial charge on any atom is 0.272 e. The number of nitro benzene ring substituents is 1. The highest BCUT2D eigenvalue weighted by Crippen LogP contribution is 2.21. The van der Waals surface area contributed by atoms with Gasteiger partial charge in [0.1, 0.15) is 5.82 Å². The number of nitro groups is 1. The van der Waals surface area contributed by atoms with Crippen molar-refractivity contribution in [3.05, 3.63) is 105 Å². The van der Waals surface area contributed by atoms with E-state index in [0.29, 0.717) is 22.4 Å². The van der Waals surface area contributed by atoms with E-state index >= 15 is 0 Å². The van der Waals surface area contributed by atoms with Crippen LogP contribution < -0.4 is 10.6 Å². The van der Waals surface area contributed by atoms with Gasteiger partial charge in [-0.15, -0.1) is 0 Å². The van der Waals surface area contributed by atoms with Crippen LogP contribution in [0, 0.1) is 22.9 Å². The van der Waals surface area contributed by atoms with Gasteiger partial charge in [0, 0.05) is 28.4 Å². The number of carbonyl (C=O) groups excluding carboxylic acids is 2. The summed E-state index contributed by atoms with van der Waals surface area (Å²) in [6.45, 7) is 3.39. The fourth-order valence-electron chi connectivity index (χ4n) is 3.02. The van der Waals surface area contributed by atoms with Gasteiger partial charge in [-0.25, -0.2) is 4.39 Å². The molecule has 0 heterocycles. The van der Waals surface area contributed by atoms with E-state index in [-0.39, 0.29) is 23.5 Å². The topological polar surface area (TPSA) is 101 Å². The summed E-state index contributed by atoms with van der Waals surface area (Å²) in [7, 11) is 0. The van der Waals surface area contributed by atoms with Gasteiger partial charge in [0.05, 0.1) is 11.0 Å². The molecule has 2 amide bonds. The number of aryl methyl sites for hydroxylation is 1. The Kier molecular flexibility index (Phi) is 6.40. The molecule has 1 atom stereocenters. The smallest absolute Gasteiger partial charge is 0.272 e. The Morgan fingerprint density at radius 1 is 0.935 bits per heavy atom. The summed E-state index contributed by atoms with van der Waals surface area (Å²) in [5.74, 6) is -1.12. The van der Waals surface area contributed by atoms with E-state index in [1.165, 1.54) is 42.5 Å². The number of carbonyl (C=O) groups is 2. The molecule has 0 aliphatic heterocycles.